The molecular formula is C65H59N. The highest BCUT2D eigenvalue weighted by Crippen LogP contribution is 2.60. The van der Waals surface area contributed by atoms with Crippen molar-refractivity contribution >= 4 is 32.9 Å². The minimum absolute atomic E-state index is 0.0996. The molecule has 66 heavy (non-hydrogen) atoms. The molecule has 0 saturated carbocycles. The van der Waals surface area contributed by atoms with Crippen molar-refractivity contribution in [3.63, 3.8) is 0 Å². The second-order valence-electron chi connectivity index (χ2n) is 19.9. The lowest BCUT2D eigenvalue weighted by atomic mass is 9.78. The number of aliphatic imine (C=N–C) groups is 1. The number of hydrogen-bond donors (Lipinski definition) is 0. The van der Waals surface area contributed by atoms with Gasteiger partial charge in [0.05, 0.1) is 11.4 Å². The Labute approximate surface area is 391 Å². The van der Waals surface area contributed by atoms with Crippen LogP contribution in [0.1, 0.15) is 114 Å². The minimum Gasteiger partial charge on any atom is -0.252 e. The second kappa shape index (κ2) is 15.1. The zero-order valence-electron chi connectivity index (χ0n) is 40.2. The molecule has 0 amide bonds. The van der Waals surface area contributed by atoms with Gasteiger partial charge in [-0.15, -0.1) is 0 Å². The summed E-state index contributed by atoms with van der Waals surface area (Å²) in [6.07, 6.45) is 0.847. The third-order valence-electron chi connectivity index (χ3n) is 15.5. The molecule has 0 aromatic heterocycles. The van der Waals surface area contributed by atoms with E-state index in [-0.39, 0.29) is 16.2 Å². The van der Waals surface area contributed by atoms with E-state index in [4.69, 9.17) is 4.99 Å². The highest BCUT2D eigenvalue weighted by Gasteiger charge is 2.44. The van der Waals surface area contributed by atoms with E-state index < -0.39 is 0 Å². The van der Waals surface area contributed by atoms with Crippen LogP contribution in [0, 0.1) is 0 Å². The van der Waals surface area contributed by atoms with Crippen molar-refractivity contribution in [1.82, 2.24) is 0 Å². The quantitative estimate of drug-likeness (QED) is 0.157. The minimum atomic E-state index is -0.140. The molecule has 3 aliphatic carbocycles. The highest BCUT2D eigenvalue weighted by molar-refractivity contribution is 6.20. The molecule has 1 heterocycles. The summed E-state index contributed by atoms with van der Waals surface area (Å²) in [5.41, 5.74) is 26.4. The Bertz CT molecular complexity index is 3480. The fraction of sp³-hybridized carbons (Fsp3) is 0.215. The van der Waals surface area contributed by atoms with E-state index in [0.717, 1.165) is 17.8 Å². The molecular weight excluding hydrogens is 795 g/mol. The van der Waals surface area contributed by atoms with Gasteiger partial charge in [-0.2, -0.15) is 0 Å². The van der Waals surface area contributed by atoms with Crippen LogP contribution in [-0.2, 0) is 22.7 Å². The summed E-state index contributed by atoms with van der Waals surface area (Å²) in [6.45, 7) is 22.5. The Balaban J connectivity index is 0.00000117. The van der Waals surface area contributed by atoms with E-state index in [2.05, 4.69) is 205 Å². The molecule has 1 nitrogen and oxygen atoms in total. The number of benzene rings is 9. The maximum absolute atomic E-state index is 5.31. The maximum Gasteiger partial charge on any atom is 0.0754 e. The largest absolute Gasteiger partial charge is 0.252 e. The van der Waals surface area contributed by atoms with Crippen molar-refractivity contribution in [2.75, 3.05) is 0 Å². The van der Waals surface area contributed by atoms with E-state index in [1.54, 1.807) is 0 Å². The fourth-order valence-corrected chi connectivity index (χ4v) is 12.0. The first-order valence-electron chi connectivity index (χ1n) is 24.3. The Morgan fingerprint density at radius 3 is 1.15 bits per heavy atom. The first kappa shape index (κ1) is 41.8. The van der Waals surface area contributed by atoms with Gasteiger partial charge in [-0.1, -0.05) is 197 Å². The van der Waals surface area contributed by atoms with E-state index in [0.29, 0.717) is 0 Å². The Hall–Kier alpha value is -6.83. The van der Waals surface area contributed by atoms with E-state index in [1.807, 2.05) is 27.7 Å². The van der Waals surface area contributed by atoms with Crippen LogP contribution in [-0.4, -0.2) is 5.71 Å². The highest BCUT2D eigenvalue weighted by atomic mass is 14.8. The van der Waals surface area contributed by atoms with Crippen LogP contribution in [0.4, 0.5) is 5.69 Å². The van der Waals surface area contributed by atoms with Crippen molar-refractivity contribution in [1.29, 1.82) is 0 Å². The molecule has 1 aliphatic heterocycles. The average Bonchev–Trinajstić information content (AvgIpc) is 4.04. The fourth-order valence-electron chi connectivity index (χ4n) is 12.0. The Kier molecular flexibility index (Phi) is 9.58. The predicted molar refractivity (Wildman–Crippen MR) is 284 cm³/mol. The number of nitrogens with zero attached hydrogens (tertiary/aromatic N) is 1. The van der Waals surface area contributed by atoms with Gasteiger partial charge in [-0.25, -0.2) is 0 Å². The van der Waals surface area contributed by atoms with Gasteiger partial charge >= 0.3 is 0 Å². The summed E-state index contributed by atoms with van der Waals surface area (Å²) in [6, 6.07) is 62.0. The van der Waals surface area contributed by atoms with Crippen molar-refractivity contribution in [3.8, 4) is 55.6 Å². The Morgan fingerprint density at radius 1 is 0.318 bits per heavy atom. The normalized spacial score (nSPS) is 15.5. The van der Waals surface area contributed by atoms with Crippen molar-refractivity contribution in [2.24, 2.45) is 4.99 Å². The topological polar surface area (TPSA) is 12.4 Å². The molecule has 1 heteroatoms. The summed E-state index contributed by atoms with van der Waals surface area (Å²) in [5.74, 6) is 0. The van der Waals surface area contributed by atoms with Gasteiger partial charge in [-0.05, 0) is 153 Å². The predicted octanol–water partition coefficient (Wildman–Crippen LogP) is 18.0. The zero-order chi connectivity index (χ0) is 45.9. The SMILES string of the molecule is CC.CC.CC1(C)c2cc(-c3ccccc3)ccc2-c2cc3c(cc21)-c1cc2c(cc1C3(C)C)-c1ccc(-c3ccc(C4=Nc5c(c6ccccc6c6ccccc56)C4)cc3)cc1C2(C)C. The molecule has 0 unspecified atom stereocenters. The summed E-state index contributed by atoms with van der Waals surface area (Å²) in [5, 5.41) is 5.14. The lowest BCUT2D eigenvalue weighted by Crippen LogP contribution is -2.17. The molecule has 324 valence electrons. The first-order valence-corrected chi connectivity index (χ1v) is 24.3. The van der Waals surface area contributed by atoms with E-state index >= 15 is 0 Å². The molecule has 0 saturated heterocycles. The monoisotopic (exact) mass is 853 g/mol. The van der Waals surface area contributed by atoms with E-state index in [1.165, 1.54) is 122 Å². The molecule has 4 aliphatic rings. The van der Waals surface area contributed by atoms with Gasteiger partial charge in [0.2, 0.25) is 0 Å². The van der Waals surface area contributed by atoms with Crippen LogP contribution in [0.5, 0.6) is 0 Å². The summed E-state index contributed by atoms with van der Waals surface area (Å²) < 4.78 is 0. The smallest absolute Gasteiger partial charge is 0.0754 e. The van der Waals surface area contributed by atoms with Crippen LogP contribution < -0.4 is 0 Å². The number of fused-ring (bicyclic) bond motifs is 15. The van der Waals surface area contributed by atoms with Gasteiger partial charge in [0.1, 0.15) is 0 Å². The first-order chi connectivity index (χ1) is 32.0. The van der Waals surface area contributed by atoms with Crippen LogP contribution in [0.2, 0.25) is 0 Å². The lowest BCUT2D eigenvalue weighted by Gasteiger charge is -2.25. The Morgan fingerprint density at radius 2 is 0.667 bits per heavy atom. The number of hydrogen-bond acceptors (Lipinski definition) is 1. The summed E-state index contributed by atoms with van der Waals surface area (Å²) in [7, 11) is 0. The zero-order valence-corrected chi connectivity index (χ0v) is 40.2. The van der Waals surface area contributed by atoms with E-state index in [9.17, 15) is 0 Å². The molecule has 9 aromatic carbocycles. The van der Waals surface area contributed by atoms with Gasteiger partial charge in [0.25, 0.3) is 0 Å². The summed E-state index contributed by atoms with van der Waals surface area (Å²) in [4.78, 5) is 5.31. The summed E-state index contributed by atoms with van der Waals surface area (Å²) >= 11 is 0. The third kappa shape index (κ3) is 5.88. The molecule has 0 spiro atoms. The van der Waals surface area contributed by atoms with Crippen LogP contribution in [0.3, 0.4) is 0 Å². The molecule has 0 radical (unpaired) electrons. The van der Waals surface area contributed by atoms with Gasteiger partial charge in [0, 0.05) is 28.1 Å². The van der Waals surface area contributed by atoms with Crippen LogP contribution in [0.15, 0.2) is 169 Å². The third-order valence-corrected chi connectivity index (χ3v) is 15.5. The molecule has 0 N–H and O–H groups in total. The van der Waals surface area contributed by atoms with Gasteiger partial charge in [-0.3, -0.25) is 4.99 Å². The van der Waals surface area contributed by atoms with Crippen LogP contribution in [0.25, 0.3) is 77.2 Å². The molecule has 13 rings (SSSR count). The molecule has 0 fully saturated rings. The average molecular weight is 854 g/mol. The van der Waals surface area contributed by atoms with Gasteiger partial charge in [0.15, 0.2) is 0 Å². The number of rotatable bonds is 3. The van der Waals surface area contributed by atoms with Crippen molar-refractivity contribution < 1.29 is 0 Å². The van der Waals surface area contributed by atoms with Gasteiger partial charge < -0.3 is 0 Å². The standard InChI is InChI=1S/C61H47N.2C2H6/c1-59(2)51-28-38(35-14-8-7-9-15-35)24-26-43(51)46-30-55-48(32-53(46)59)49-33-54-47(31-56(49)61(55,5)6)44-27-25-39(29-52(44)60(54,3)4)36-20-22-37(23-21-36)57-34-50-42-18-11-10-16-40(42)41-17-12-13-19-45(41)58(50)62-57;2*1-2/h7-33H,34H2,1-6H3;2*1-2H3. The van der Waals surface area contributed by atoms with Crippen molar-refractivity contribution in [2.45, 2.75) is 91.9 Å². The molecule has 0 atom stereocenters. The molecule has 0 bridgehead atoms. The second-order valence-corrected chi connectivity index (χ2v) is 19.9. The lowest BCUT2D eigenvalue weighted by molar-refractivity contribution is 0.649. The maximum atomic E-state index is 5.31. The van der Waals surface area contributed by atoms with Crippen molar-refractivity contribution in [3.05, 3.63) is 208 Å². The molecule has 9 aromatic rings. The van der Waals surface area contributed by atoms with Crippen LogP contribution >= 0.6 is 0 Å².